The lowest BCUT2D eigenvalue weighted by Gasteiger charge is -2.38. The number of anilines is 1. The molecule has 0 saturated carbocycles. The van der Waals surface area contributed by atoms with Crippen LogP contribution in [0.2, 0.25) is 0 Å². The van der Waals surface area contributed by atoms with E-state index in [4.69, 9.17) is 5.73 Å². The summed E-state index contributed by atoms with van der Waals surface area (Å²) in [6.07, 6.45) is 4.60. The second kappa shape index (κ2) is 7.12. The van der Waals surface area contributed by atoms with Crippen molar-refractivity contribution in [2.24, 2.45) is 0 Å². The molecular formula is C14H24N4S. The third-order valence-corrected chi connectivity index (χ3v) is 4.80. The van der Waals surface area contributed by atoms with Crippen molar-refractivity contribution in [3.05, 3.63) is 24.0 Å². The van der Waals surface area contributed by atoms with Gasteiger partial charge in [0, 0.05) is 48.2 Å². The third kappa shape index (κ3) is 3.84. The van der Waals surface area contributed by atoms with Gasteiger partial charge in [-0.1, -0.05) is 6.92 Å². The zero-order valence-electron chi connectivity index (χ0n) is 11.8. The smallest absolute Gasteiger partial charge is 0.0378 e. The Morgan fingerprint density at radius 1 is 1.63 bits per heavy atom. The summed E-state index contributed by atoms with van der Waals surface area (Å²) >= 11 is 2.05. The number of nitrogens with one attached hydrogen (secondary N) is 1. The molecule has 2 rings (SSSR count). The summed E-state index contributed by atoms with van der Waals surface area (Å²) in [4.78, 5) is 6.66. The van der Waals surface area contributed by atoms with E-state index in [-0.39, 0.29) is 0 Å². The molecule has 1 aromatic heterocycles. The Labute approximate surface area is 120 Å². The fourth-order valence-corrected chi connectivity index (χ4v) is 3.89. The second-order valence-electron chi connectivity index (χ2n) is 5.07. The van der Waals surface area contributed by atoms with E-state index in [1.54, 1.807) is 6.20 Å². The minimum Gasteiger partial charge on any atom is -0.398 e. The van der Waals surface area contributed by atoms with E-state index in [0.717, 1.165) is 24.2 Å². The molecule has 0 aliphatic carbocycles. The van der Waals surface area contributed by atoms with Crippen LogP contribution in [0.3, 0.4) is 0 Å². The van der Waals surface area contributed by atoms with Gasteiger partial charge < -0.3 is 16.0 Å². The molecule has 0 bridgehead atoms. The maximum Gasteiger partial charge on any atom is 0.0378 e. The molecule has 3 N–H and O–H groups in total. The van der Waals surface area contributed by atoms with Crippen LogP contribution in [-0.2, 0) is 6.42 Å². The van der Waals surface area contributed by atoms with Crippen molar-refractivity contribution >= 4 is 17.4 Å². The number of likely N-dealkylation sites (N-methyl/N-ethyl adjacent to an activating group) is 2. The van der Waals surface area contributed by atoms with Crippen molar-refractivity contribution in [3.63, 3.8) is 0 Å². The van der Waals surface area contributed by atoms with Gasteiger partial charge in [-0.2, -0.15) is 11.8 Å². The van der Waals surface area contributed by atoms with Crippen molar-refractivity contribution < 1.29 is 0 Å². The Morgan fingerprint density at radius 2 is 2.47 bits per heavy atom. The lowest BCUT2D eigenvalue weighted by molar-refractivity contribution is 0.215. The number of pyridine rings is 1. The minimum atomic E-state index is 0.439. The molecule has 106 valence electrons. The van der Waals surface area contributed by atoms with Crippen LogP contribution >= 0.6 is 11.8 Å². The van der Waals surface area contributed by atoms with Crippen LogP contribution in [0.15, 0.2) is 18.5 Å². The first kappa shape index (κ1) is 14.6. The Morgan fingerprint density at radius 3 is 3.16 bits per heavy atom. The summed E-state index contributed by atoms with van der Waals surface area (Å²) in [6, 6.07) is 2.89. The average Bonchev–Trinajstić information content (AvgIpc) is 2.41. The molecule has 4 nitrogen and oxygen atoms in total. The molecule has 0 spiro atoms. The van der Waals surface area contributed by atoms with E-state index in [1.165, 1.54) is 18.1 Å². The summed E-state index contributed by atoms with van der Waals surface area (Å²) in [5, 5.41) is 3.62. The summed E-state index contributed by atoms with van der Waals surface area (Å²) in [7, 11) is 2.22. The number of rotatable bonds is 5. The van der Waals surface area contributed by atoms with Gasteiger partial charge in [0.25, 0.3) is 0 Å². The maximum atomic E-state index is 6.04. The zero-order valence-corrected chi connectivity index (χ0v) is 12.6. The lowest BCUT2D eigenvalue weighted by atomic mass is 9.99. The van der Waals surface area contributed by atoms with Crippen molar-refractivity contribution in [1.29, 1.82) is 0 Å². The number of thioether (sulfide) groups is 1. The van der Waals surface area contributed by atoms with E-state index in [2.05, 4.69) is 29.2 Å². The molecule has 5 heteroatoms. The van der Waals surface area contributed by atoms with E-state index in [9.17, 15) is 0 Å². The largest absolute Gasteiger partial charge is 0.398 e. The van der Waals surface area contributed by atoms with Crippen LogP contribution in [0.25, 0.3) is 0 Å². The van der Waals surface area contributed by atoms with E-state index >= 15 is 0 Å². The molecular weight excluding hydrogens is 256 g/mol. The van der Waals surface area contributed by atoms with Crippen LogP contribution in [0.5, 0.6) is 0 Å². The Hall–Kier alpha value is -0.780. The van der Waals surface area contributed by atoms with Gasteiger partial charge in [-0.3, -0.25) is 4.98 Å². The van der Waals surface area contributed by atoms with Gasteiger partial charge in [-0.25, -0.2) is 0 Å². The monoisotopic (exact) mass is 280 g/mol. The summed E-state index contributed by atoms with van der Waals surface area (Å²) in [5.41, 5.74) is 8.04. The van der Waals surface area contributed by atoms with Crippen molar-refractivity contribution in [2.75, 3.05) is 37.4 Å². The molecule has 2 atom stereocenters. The summed E-state index contributed by atoms with van der Waals surface area (Å²) < 4.78 is 0. The van der Waals surface area contributed by atoms with Gasteiger partial charge in [-0.05, 0) is 31.6 Å². The highest BCUT2D eigenvalue weighted by Gasteiger charge is 2.27. The first-order valence-corrected chi connectivity index (χ1v) is 8.07. The quantitative estimate of drug-likeness (QED) is 0.850. The molecule has 1 aliphatic rings. The Balaban J connectivity index is 2.09. The predicted octanol–water partition coefficient (Wildman–Crippen LogP) is 1.23. The van der Waals surface area contributed by atoms with Gasteiger partial charge in [0.15, 0.2) is 0 Å². The molecule has 0 aromatic carbocycles. The van der Waals surface area contributed by atoms with Crippen LogP contribution in [-0.4, -0.2) is 53.6 Å². The number of hydrogen-bond donors (Lipinski definition) is 2. The number of hydrogen-bond acceptors (Lipinski definition) is 5. The normalized spacial score (nSPS) is 22.3. The van der Waals surface area contributed by atoms with E-state index < -0.39 is 0 Å². The molecule has 1 saturated heterocycles. The van der Waals surface area contributed by atoms with E-state index in [1.807, 2.05) is 24.0 Å². The molecule has 2 heterocycles. The van der Waals surface area contributed by atoms with Gasteiger partial charge in [-0.15, -0.1) is 0 Å². The first-order valence-electron chi connectivity index (χ1n) is 6.92. The van der Waals surface area contributed by atoms with Gasteiger partial charge in [0.1, 0.15) is 0 Å². The van der Waals surface area contributed by atoms with Gasteiger partial charge in [0.2, 0.25) is 0 Å². The second-order valence-corrected chi connectivity index (χ2v) is 6.22. The highest BCUT2D eigenvalue weighted by Crippen LogP contribution is 2.21. The molecule has 1 fully saturated rings. The molecule has 1 aliphatic heterocycles. The Kier molecular flexibility index (Phi) is 5.48. The van der Waals surface area contributed by atoms with Crippen LogP contribution < -0.4 is 11.1 Å². The predicted molar refractivity (Wildman–Crippen MR) is 83.6 cm³/mol. The molecule has 0 amide bonds. The average molecular weight is 280 g/mol. The van der Waals surface area contributed by atoms with Crippen LogP contribution in [0, 0.1) is 0 Å². The zero-order chi connectivity index (χ0) is 13.7. The third-order valence-electron chi connectivity index (χ3n) is 3.76. The fourth-order valence-electron chi connectivity index (χ4n) is 2.58. The molecule has 19 heavy (non-hydrogen) atoms. The van der Waals surface area contributed by atoms with Gasteiger partial charge in [0.05, 0.1) is 0 Å². The van der Waals surface area contributed by atoms with Crippen molar-refractivity contribution in [1.82, 2.24) is 15.2 Å². The number of nitrogen functional groups attached to an aromatic ring is 1. The fraction of sp³-hybridized carbons (Fsp3) is 0.643. The minimum absolute atomic E-state index is 0.439. The van der Waals surface area contributed by atoms with Crippen molar-refractivity contribution in [2.45, 2.75) is 25.4 Å². The lowest BCUT2D eigenvalue weighted by Crippen LogP contribution is -2.53. The van der Waals surface area contributed by atoms with Crippen LogP contribution in [0.1, 0.15) is 12.5 Å². The van der Waals surface area contributed by atoms with Crippen LogP contribution in [0.4, 0.5) is 5.69 Å². The number of nitrogens with zero attached hydrogens (tertiary/aromatic N) is 2. The Bertz CT molecular complexity index is 399. The molecule has 0 radical (unpaired) electrons. The first-order chi connectivity index (χ1) is 9.22. The standard InChI is InChI=1S/C14H24N4S/c1-3-17-13(14-10-19-7-6-18(14)2)8-11-9-16-5-4-12(11)15/h4-5,9,13-14,17H,3,6-8,10H2,1-2H3,(H2,15,16). The molecule has 2 unspecified atom stereocenters. The van der Waals surface area contributed by atoms with E-state index in [0.29, 0.717) is 12.1 Å². The summed E-state index contributed by atoms with van der Waals surface area (Å²) in [5.74, 6) is 2.43. The SMILES string of the molecule is CCNC(Cc1cnccc1N)C1CSCCN1C. The van der Waals surface area contributed by atoms with Crippen molar-refractivity contribution in [3.8, 4) is 0 Å². The highest BCUT2D eigenvalue weighted by atomic mass is 32.2. The maximum absolute atomic E-state index is 6.04. The molecule has 1 aromatic rings. The number of nitrogens with two attached hydrogens (primary N) is 1. The topological polar surface area (TPSA) is 54.2 Å². The number of aromatic nitrogens is 1. The summed E-state index contributed by atoms with van der Waals surface area (Å²) in [6.45, 7) is 4.31. The highest BCUT2D eigenvalue weighted by molar-refractivity contribution is 7.99. The van der Waals surface area contributed by atoms with Gasteiger partial charge >= 0.3 is 0 Å².